The van der Waals surface area contributed by atoms with Crippen LogP contribution < -0.4 is 0 Å². The van der Waals surface area contributed by atoms with Crippen molar-refractivity contribution in [1.82, 2.24) is 0 Å². The van der Waals surface area contributed by atoms with Crippen LogP contribution in [0.5, 0.6) is 0 Å². The number of nitrogens with zero attached hydrogens (tertiary/aromatic N) is 1. The Morgan fingerprint density at radius 2 is 1.86 bits per heavy atom. The number of nitro groups is 1. The molecule has 7 heteroatoms. The highest BCUT2D eigenvalue weighted by atomic mass is 19.3. The third-order valence-corrected chi connectivity index (χ3v) is 1.49. The maximum atomic E-state index is 12.6. The van der Waals surface area contributed by atoms with E-state index in [2.05, 4.69) is 0 Å². The summed E-state index contributed by atoms with van der Waals surface area (Å²) in [5.41, 5.74) is -2.21. The van der Waals surface area contributed by atoms with Crippen molar-refractivity contribution in [1.29, 1.82) is 0 Å². The van der Waals surface area contributed by atoms with Gasteiger partial charge in [0.2, 0.25) is 0 Å². The lowest BCUT2D eigenvalue weighted by molar-refractivity contribution is -0.385. The van der Waals surface area contributed by atoms with Gasteiger partial charge >= 0.3 is 0 Å². The standard InChI is InChI=1S/C7H3F4NO2/c8-5-2-3(12(13)14)1-4(6(5)9)7(10)11/h1-2,7H. The molecule has 0 saturated carbocycles. The van der Waals surface area contributed by atoms with Crippen LogP contribution in [0.3, 0.4) is 0 Å². The minimum Gasteiger partial charge on any atom is -0.258 e. The Bertz CT molecular complexity index is 380. The number of hydrogen-bond donors (Lipinski definition) is 0. The predicted octanol–water partition coefficient (Wildman–Crippen LogP) is 2.81. The van der Waals surface area contributed by atoms with Crippen molar-refractivity contribution in [2.45, 2.75) is 6.43 Å². The second-order valence-electron chi connectivity index (χ2n) is 2.39. The molecule has 0 aliphatic carbocycles. The fraction of sp³-hybridized carbons (Fsp3) is 0.143. The average molecular weight is 209 g/mol. The highest BCUT2D eigenvalue weighted by Gasteiger charge is 2.22. The molecule has 0 aromatic heterocycles. The van der Waals surface area contributed by atoms with Crippen LogP contribution in [0.2, 0.25) is 0 Å². The molecule has 1 rings (SSSR count). The van der Waals surface area contributed by atoms with Crippen LogP contribution in [0.1, 0.15) is 12.0 Å². The van der Waals surface area contributed by atoms with E-state index in [4.69, 9.17) is 0 Å². The van der Waals surface area contributed by atoms with Crippen molar-refractivity contribution in [3.8, 4) is 0 Å². The van der Waals surface area contributed by atoms with Gasteiger partial charge in [-0.25, -0.2) is 17.6 Å². The minimum atomic E-state index is -3.29. The molecule has 0 fully saturated rings. The van der Waals surface area contributed by atoms with Crippen molar-refractivity contribution in [3.63, 3.8) is 0 Å². The summed E-state index contributed by atoms with van der Waals surface area (Å²) >= 11 is 0. The van der Waals surface area contributed by atoms with E-state index in [1.54, 1.807) is 0 Å². The van der Waals surface area contributed by atoms with Crippen LogP contribution in [0.25, 0.3) is 0 Å². The van der Waals surface area contributed by atoms with Gasteiger partial charge in [0.25, 0.3) is 12.1 Å². The van der Waals surface area contributed by atoms with E-state index in [0.717, 1.165) is 0 Å². The Morgan fingerprint density at radius 1 is 1.29 bits per heavy atom. The number of benzene rings is 1. The summed E-state index contributed by atoms with van der Waals surface area (Å²) in [5, 5.41) is 10.1. The average Bonchev–Trinajstić information content (AvgIpc) is 2.08. The first kappa shape index (κ1) is 10.4. The molecule has 0 aliphatic heterocycles. The highest BCUT2D eigenvalue weighted by Crippen LogP contribution is 2.27. The van der Waals surface area contributed by atoms with Crippen LogP contribution in [-0.4, -0.2) is 4.92 Å². The second kappa shape index (κ2) is 3.60. The fourth-order valence-electron chi connectivity index (χ4n) is 0.860. The molecule has 76 valence electrons. The SMILES string of the molecule is O=[N+]([O-])c1cc(F)c(F)c(C(F)F)c1. The molecule has 0 heterocycles. The van der Waals surface area contributed by atoms with Crippen molar-refractivity contribution in [3.05, 3.63) is 39.4 Å². The zero-order chi connectivity index (χ0) is 10.9. The number of rotatable bonds is 2. The Hall–Kier alpha value is -1.66. The van der Waals surface area contributed by atoms with Crippen LogP contribution in [0.15, 0.2) is 12.1 Å². The molecule has 0 amide bonds. The van der Waals surface area contributed by atoms with Gasteiger partial charge in [-0.2, -0.15) is 0 Å². The lowest BCUT2D eigenvalue weighted by Crippen LogP contribution is -1.98. The lowest BCUT2D eigenvalue weighted by Gasteiger charge is -2.02. The van der Waals surface area contributed by atoms with E-state index in [1.165, 1.54) is 0 Å². The number of hydrogen-bond acceptors (Lipinski definition) is 2. The summed E-state index contributed by atoms with van der Waals surface area (Å²) in [6.45, 7) is 0. The van der Waals surface area contributed by atoms with Gasteiger partial charge in [-0.1, -0.05) is 0 Å². The van der Waals surface area contributed by atoms with Gasteiger partial charge in [0.1, 0.15) is 0 Å². The number of non-ortho nitro benzene ring substituents is 1. The zero-order valence-electron chi connectivity index (χ0n) is 6.51. The van der Waals surface area contributed by atoms with Gasteiger partial charge in [0, 0.05) is 6.07 Å². The summed E-state index contributed by atoms with van der Waals surface area (Å²) in [5.74, 6) is -3.42. The van der Waals surface area contributed by atoms with Gasteiger partial charge < -0.3 is 0 Å². The molecule has 0 aliphatic rings. The van der Waals surface area contributed by atoms with Crippen molar-refractivity contribution >= 4 is 5.69 Å². The van der Waals surface area contributed by atoms with E-state index < -0.39 is 34.2 Å². The van der Waals surface area contributed by atoms with Crippen molar-refractivity contribution in [2.75, 3.05) is 0 Å². The maximum absolute atomic E-state index is 12.6. The summed E-state index contributed by atoms with van der Waals surface area (Å²) < 4.78 is 49.2. The number of halogens is 4. The van der Waals surface area contributed by atoms with E-state index in [-0.39, 0.29) is 6.07 Å². The summed E-state index contributed by atoms with van der Waals surface area (Å²) in [6.07, 6.45) is -3.29. The largest absolute Gasteiger partial charge is 0.273 e. The first-order valence-corrected chi connectivity index (χ1v) is 3.35. The van der Waals surface area contributed by atoms with Crippen LogP contribution in [0, 0.1) is 21.7 Å². The molecule has 14 heavy (non-hydrogen) atoms. The van der Waals surface area contributed by atoms with Crippen molar-refractivity contribution < 1.29 is 22.5 Å². The Balaban J connectivity index is 3.35. The Labute approximate surface area is 75.1 Å². The van der Waals surface area contributed by atoms with Gasteiger partial charge in [-0.05, 0) is 0 Å². The summed E-state index contributed by atoms with van der Waals surface area (Å²) in [7, 11) is 0. The Kier molecular flexibility index (Phi) is 2.68. The smallest absolute Gasteiger partial charge is 0.258 e. The minimum absolute atomic E-state index is 0.251. The molecule has 0 spiro atoms. The van der Waals surface area contributed by atoms with Gasteiger partial charge in [-0.15, -0.1) is 0 Å². The molecule has 1 aromatic rings. The monoisotopic (exact) mass is 209 g/mol. The summed E-state index contributed by atoms with van der Waals surface area (Å²) in [6, 6.07) is 0.560. The summed E-state index contributed by atoms with van der Waals surface area (Å²) in [4.78, 5) is 9.04. The van der Waals surface area contributed by atoms with Gasteiger partial charge in [0.05, 0.1) is 16.6 Å². The third-order valence-electron chi connectivity index (χ3n) is 1.49. The number of nitro benzene ring substituents is 1. The molecule has 0 atom stereocenters. The van der Waals surface area contributed by atoms with Crippen LogP contribution in [0.4, 0.5) is 23.2 Å². The topological polar surface area (TPSA) is 43.1 Å². The van der Waals surface area contributed by atoms with Crippen LogP contribution >= 0.6 is 0 Å². The lowest BCUT2D eigenvalue weighted by atomic mass is 10.2. The van der Waals surface area contributed by atoms with Crippen molar-refractivity contribution in [2.24, 2.45) is 0 Å². The third kappa shape index (κ3) is 1.81. The molecular formula is C7H3F4NO2. The predicted molar refractivity (Wildman–Crippen MR) is 38.0 cm³/mol. The fourth-order valence-corrected chi connectivity index (χ4v) is 0.860. The molecular weight excluding hydrogens is 206 g/mol. The molecule has 0 radical (unpaired) electrons. The molecule has 3 nitrogen and oxygen atoms in total. The second-order valence-corrected chi connectivity index (χ2v) is 2.39. The van der Waals surface area contributed by atoms with Crippen LogP contribution in [-0.2, 0) is 0 Å². The van der Waals surface area contributed by atoms with E-state index >= 15 is 0 Å². The molecule has 0 unspecified atom stereocenters. The van der Waals surface area contributed by atoms with E-state index in [0.29, 0.717) is 6.07 Å². The van der Waals surface area contributed by atoms with Gasteiger partial charge in [0.15, 0.2) is 11.6 Å². The highest BCUT2D eigenvalue weighted by molar-refractivity contribution is 5.36. The molecule has 1 aromatic carbocycles. The van der Waals surface area contributed by atoms with Gasteiger partial charge in [-0.3, -0.25) is 10.1 Å². The molecule has 0 bridgehead atoms. The molecule has 0 N–H and O–H groups in total. The quantitative estimate of drug-likeness (QED) is 0.427. The number of alkyl halides is 2. The maximum Gasteiger partial charge on any atom is 0.273 e. The normalized spacial score (nSPS) is 10.6. The zero-order valence-corrected chi connectivity index (χ0v) is 6.51. The first-order valence-electron chi connectivity index (χ1n) is 3.35. The first-order chi connectivity index (χ1) is 6.43. The van der Waals surface area contributed by atoms with E-state index in [1.807, 2.05) is 0 Å². The Morgan fingerprint density at radius 3 is 2.29 bits per heavy atom. The van der Waals surface area contributed by atoms with E-state index in [9.17, 15) is 27.7 Å². The molecule has 0 saturated heterocycles.